The summed E-state index contributed by atoms with van der Waals surface area (Å²) in [6.07, 6.45) is 0.655. The highest BCUT2D eigenvalue weighted by molar-refractivity contribution is 5.73. The first-order valence-electron chi connectivity index (χ1n) is 6.34. The molecule has 3 heteroatoms. The highest BCUT2D eigenvalue weighted by Crippen LogP contribution is 2.37. The molecule has 0 unspecified atom stereocenters. The third-order valence-corrected chi connectivity index (χ3v) is 4.10. The highest BCUT2D eigenvalue weighted by Gasteiger charge is 2.32. The van der Waals surface area contributed by atoms with Gasteiger partial charge in [-0.05, 0) is 37.6 Å². The van der Waals surface area contributed by atoms with Crippen LogP contribution in [0.2, 0.25) is 0 Å². The Labute approximate surface area is 106 Å². The van der Waals surface area contributed by atoms with Gasteiger partial charge in [0, 0.05) is 6.54 Å². The lowest BCUT2D eigenvalue weighted by atomic mass is 9.69. The van der Waals surface area contributed by atoms with Crippen LogP contribution in [-0.4, -0.2) is 24.2 Å². The second kappa shape index (κ2) is 5.38. The van der Waals surface area contributed by atoms with Crippen LogP contribution in [0.3, 0.4) is 0 Å². The monoisotopic (exact) mass is 243 g/mol. The summed E-state index contributed by atoms with van der Waals surface area (Å²) in [7, 11) is 0. The van der Waals surface area contributed by atoms with Crippen molar-refractivity contribution in [3.8, 4) is 0 Å². The number of carboxylic acids is 1. The van der Waals surface area contributed by atoms with Crippen LogP contribution in [0.4, 0.5) is 0 Å². The van der Waals surface area contributed by atoms with Crippen LogP contribution in [0.1, 0.15) is 54.9 Å². The van der Waals surface area contributed by atoms with Crippen molar-refractivity contribution < 1.29 is 9.90 Å². The van der Waals surface area contributed by atoms with Gasteiger partial charge in [0.05, 0.1) is 5.41 Å². The predicted octanol–water partition coefficient (Wildman–Crippen LogP) is 3.15. The Bertz CT molecular complexity index is 262. The molecule has 0 saturated carbocycles. The molecule has 0 aliphatic rings. The van der Waals surface area contributed by atoms with E-state index in [1.165, 1.54) is 0 Å². The quantitative estimate of drug-likeness (QED) is 0.705. The van der Waals surface area contributed by atoms with Crippen molar-refractivity contribution in [1.29, 1.82) is 0 Å². The maximum atomic E-state index is 10.9. The van der Waals surface area contributed by atoms with Crippen LogP contribution >= 0.6 is 0 Å². The van der Waals surface area contributed by atoms with Crippen molar-refractivity contribution in [3.63, 3.8) is 0 Å². The van der Waals surface area contributed by atoms with E-state index in [2.05, 4.69) is 39.9 Å². The van der Waals surface area contributed by atoms with Gasteiger partial charge in [0.15, 0.2) is 0 Å². The van der Waals surface area contributed by atoms with Crippen LogP contribution in [0.5, 0.6) is 0 Å². The Morgan fingerprint density at radius 3 is 1.88 bits per heavy atom. The number of carbonyl (C=O) groups is 1. The van der Waals surface area contributed by atoms with Gasteiger partial charge in [-0.1, -0.05) is 34.6 Å². The largest absolute Gasteiger partial charge is 0.481 e. The Hall–Kier alpha value is -0.570. The van der Waals surface area contributed by atoms with Crippen molar-refractivity contribution in [2.45, 2.75) is 54.9 Å². The summed E-state index contributed by atoms with van der Waals surface area (Å²) in [4.78, 5) is 10.9. The zero-order valence-electron chi connectivity index (χ0n) is 12.5. The van der Waals surface area contributed by atoms with E-state index in [4.69, 9.17) is 5.11 Å². The van der Waals surface area contributed by atoms with E-state index in [0.29, 0.717) is 6.42 Å². The minimum absolute atomic E-state index is 0.195. The Morgan fingerprint density at radius 1 is 1.06 bits per heavy atom. The number of hydrogen-bond donors (Lipinski definition) is 2. The summed E-state index contributed by atoms with van der Waals surface area (Å²) in [5.41, 5.74) is -0.207. The Balaban J connectivity index is 4.07. The molecular formula is C14H29NO2. The minimum Gasteiger partial charge on any atom is -0.481 e. The first kappa shape index (κ1) is 16.4. The standard InChI is InChI=1S/C14H29NO2/c1-12(2,3)14(6,7)10-15-9-8-13(4,5)11(16)17/h15H,8-10H2,1-7H3,(H,16,17). The molecule has 0 bridgehead atoms. The molecule has 0 heterocycles. The zero-order chi connectivity index (χ0) is 13.9. The van der Waals surface area contributed by atoms with Crippen LogP contribution < -0.4 is 5.32 Å². The van der Waals surface area contributed by atoms with E-state index in [1.807, 2.05) is 0 Å². The van der Waals surface area contributed by atoms with Gasteiger partial charge >= 0.3 is 5.97 Å². The number of hydrogen-bond acceptors (Lipinski definition) is 2. The molecule has 2 N–H and O–H groups in total. The average Bonchev–Trinajstić information content (AvgIpc) is 2.10. The molecule has 0 radical (unpaired) electrons. The van der Waals surface area contributed by atoms with E-state index in [9.17, 15) is 4.79 Å². The van der Waals surface area contributed by atoms with Crippen molar-refractivity contribution in [2.24, 2.45) is 16.2 Å². The summed E-state index contributed by atoms with van der Waals surface area (Å²) in [5.74, 6) is -0.727. The van der Waals surface area contributed by atoms with Gasteiger partial charge in [-0.25, -0.2) is 0 Å². The molecule has 17 heavy (non-hydrogen) atoms. The Morgan fingerprint density at radius 2 is 1.53 bits per heavy atom. The third-order valence-electron chi connectivity index (χ3n) is 4.10. The molecule has 0 aromatic carbocycles. The lowest BCUT2D eigenvalue weighted by Gasteiger charge is -2.39. The number of nitrogens with one attached hydrogen (secondary N) is 1. The molecule has 0 amide bonds. The van der Waals surface area contributed by atoms with Crippen LogP contribution in [0.15, 0.2) is 0 Å². The van der Waals surface area contributed by atoms with E-state index >= 15 is 0 Å². The number of carboxylic acid groups (broad SMARTS) is 1. The molecular weight excluding hydrogens is 214 g/mol. The molecule has 0 rings (SSSR count). The molecule has 102 valence electrons. The summed E-state index contributed by atoms with van der Waals surface area (Å²) < 4.78 is 0. The fourth-order valence-electron chi connectivity index (χ4n) is 1.17. The zero-order valence-corrected chi connectivity index (χ0v) is 12.5. The molecule has 0 aliphatic carbocycles. The summed E-state index contributed by atoms with van der Waals surface area (Å²) in [5, 5.41) is 12.4. The first-order valence-corrected chi connectivity index (χ1v) is 6.34. The normalized spacial score (nSPS) is 13.8. The molecule has 0 aliphatic heterocycles. The molecule has 3 nitrogen and oxygen atoms in total. The smallest absolute Gasteiger partial charge is 0.309 e. The second-order valence-electron chi connectivity index (χ2n) is 7.25. The van der Waals surface area contributed by atoms with Gasteiger partial charge in [0.2, 0.25) is 0 Å². The number of rotatable bonds is 6. The molecule has 0 atom stereocenters. The van der Waals surface area contributed by atoms with Crippen molar-refractivity contribution >= 4 is 5.97 Å². The highest BCUT2D eigenvalue weighted by atomic mass is 16.4. The topological polar surface area (TPSA) is 49.3 Å². The molecule has 0 aromatic heterocycles. The van der Waals surface area contributed by atoms with Crippen LogP contribution in [0.25, 0.3) is 0 Å². The molecule has 0 fully saturated rings. The van der Waals surface area contributed by atoms with Gasteiger partial charge in [-0.15, -0.1) is 0 Å². The second-order valence-corrected chi connectivity index (χ2v) is 7.25. The van der Waals surface area contributed by atoms with Crippen molar-refractivity contribution in [1.82, 2.24) is 5.32 Å². The fourth-order valence-corrected chi connectivity index (χ4v) is 1.17. The maximum absolute atomic E-state index is 10.9. The first-order chi connectivity index (χ1) is 7.40. The van der Waals surface area contributed by atoms with Crippen molar-refractivity contribution in [3.05, 3.63) is 0 Å². The van der Waals surface area contributed by atoms with Gasteiger partial charge in [0.1, 0.15) is 0 Å². The molecule has 0 spiro atoms. The van der Waals surface area contributed by atoms with Gasteiger partial charge in [0.25, 0.3) is 0 Å². The lowest BCUT2D eigenvalue weighted by Crippen LogP contribution is -2.40. The van der Waals surface area contributed by atoms with E-state index in [0.717, 1.165) is 13.1 Å². The van der Waals surface area contributed by atoms with Crippen molar-refractivity contribution in [2.75, 3.05) is 13.1 Å². The van der Waals surface area contributed by atoms with E-state index in [-0.39, 0.29) is 10.8 Å². The lowest BCUT2D eigenvalue weighted by molar-refractivity contribution is -0.147. The predicted molar refractivity (Wildman–Crippen MR) is 72.1 cm³/mol. The van der Waals surface area contributed by atoms with E-state index in [1.54, 1.807) is 13.8 Å². The average molecular weight is 243 g/mol. The van der Waals surface area contributed by atoms with E-state index < -0.39 is 11.4 Å². The fraction of sp³-hybridized carbons (Fsp3) is 0.929. The van der Waals surface area contributed by atoms with Gasteiger partial charge in [-0.2, -0.15) is 0 Å². The SMILES string of the molecule is CC(C)(CCNCC(C)(C)C(C)(C)C)C(=O)O. The summed E-state index contributed by atoms with van der Waals surface area (Å²) >= 11 is 0. The maximum Gasteiger partial charge on any atom is 0.309 e. The molecule has 0 saturated heterocycles. The summed E-state index contributed by atoms with van der Waals surface area (Å²) in [6, 6.07) is 0. The molecule has 0 aromatic rings. The Kier molecular flexibility index (Phi) is 5.20. The summed E-state index contributed by atoms with van der Waals surface area (Å²) in [6.45, 7) is 16.4. The van der Waals surface area contributed by atoms with Crippen LogP contribution in [-0.2, 0) is 4.79 Å². The van der Waals surface area contributed by atoms with Crippen LogP contribution in [0, 0.1) is 16.2 Å². The van der Waals surface area contributed by atoms with Gasteiger partial charge in [-0.3, -0.25) is 4.79 Å². The minimum atomic E-state index is -0.727. The third kappa shape index (κ3) is 5.07. The van der Waals surface area contributed by atoms with Gasteiger partial charge < -0.3 is 10.4 Å². The number of aliphatic carboxylic acids is 1.